The SMILES string of the molecule is CCOC(=O)N1CCC(NC(N)=NCC(c2ccc(C)s2)N2CCOCC2)CC1. The minimum Gasteiger partial charge on any atom is -0.450 e. The number of guanidine groups is 1. The summed E-state index contributed by atoms with van der Waals surface area (Å²) in [6.45, 7) is 9.69. The number of carbonyl (C=O) groups is 1. The maximum atomic E-state index is 11.8. The molecule has 1 amide bonds. The first-order valence-corrected chi connectivity index (χ1v) is 11.2. The maximum Gasteiger partial charge on any atom is 0.409 e. The average molecular weight is 424 g/mol. The first-order chi connectivity index (χ1) is 14.1. The molecule has 0 aliphatic carbocycles. The molecular formula is C20H33N5O3S. The van der Waals surface area contributed by atoms with Crippen molar-refractivity contribution in [1.82, 2.24) is 15.1 Å². The second-order valence-electron chi connectivity index (χ2n) is 7.44. The smallest absolute Gasteiger partial charge is 0.409 e. The summed E-state index contributed by atoms with van der Waals surface area (Å²) in [5, 5.41) is 3.33. The fourth-order valence-electron chi connectivity index (χ4n) is 3.77. The molecule has 9 heteroatoms. The molecule has 2 saturated heterocycles. The van der Waals surface area contributed by atoms with E-state index in [-0.39, 0.29) is 18.2 Å². The van der Waals surface area contributed by atoms with Gasteiger partial charge in [0.25, 0.3) is 0 Å². The molecule has 0 spiro atoms. The van der Waals surface area contributed by atoms with E-state index in [9.17, 15) is 4.79 Å². The van der Waals surface area contributed by atoms with Gasteiger partial charge in [0.15, 0.2) is 5.96 Å². The van der Waals surface area contributed by atoms with Crippen molar-refractivity contribution in [2.45, 2.75) is 38.8 Å². The number of rotatable bonds is 6. The fourth-order valence-corrected chi connectivity index (χ4v) is 4.77. The Labute approximate surface area is 177 Å². The Morgan fingerprint density at radius 2 is 2.07 bits per heavy atom. The number of thiophene rings is 1. The van der Waals surface area contributed by atoms with Gasteiger partial charge in [-0.25, -0.2) is 4.79 Å². The highest BCUT2D eigenvalue weighted by molar-refractivity contribution is 7.12. The lowest BCUT2D eigenvalue weighted by atomic mass is 10.1. The Hall–Kier alpha value is -1.84. The van der Waals surface area contributed by atoms with Crippen molar-refractivity contribution in [3.63, 3.8) is 0 Å². The number of hydrogen-bond donors (Lipinski definition) is 2. The minimum atomic E-state index is -0.229. The van der Waals surface area contributed by atoms with Gasteiger partial charge in [-0.1, -0.05) is 0 Å². The standard InChI is InChI=1S/C20H33N5O3S/c1-3-28-20(26)25-8-6-16(7-9-25)23-19(21)22-14-17(18-5-4-15(2)29-18)24-10-12-27-13-11-24/h4-5,16-17H,3,6-14H2,1-2H3,(H3,21,22,23). The number of nitrogens with zero attached hydrogens (tertiary/aromatic N) is 3. The molecule has 0 aromatic carbocycles. The third-order valence-corrected chi connectivity index (χ3v) is 6.49. The summed E-state index contributed by atoms with van der Waals surface area (Å²) >= 11 is 1.82. The largest absolute Gasteiger partial charge is 0.450 e. The molecule has 2 aliphatic heterocycles. The number of aliphatic imine (C=N–C) groups is 1. The number of piperidine rings is 1. The van der Waals surface area contributed by atoms with E-state index in [0.717, 1.165) is 39.1 Å². The highest BCUT2D eigenvalue weighted by Gasteiger charge is 2.25. The molecule has 162 valence electrons. The molecule has 1 aromatic heterocycles. The number of ether oxygens (including phenoxy) is 2. The number of nitrogens with one attached hydrogen (secondary N) is 1. The van der Waals surface area contributed by atoms with Crippen molar-refractivity contribution in [2.75, 3.05) is 52.5 Å². The Kier molecular flexibility index (Phi) is 8.14. The Morgan fingerprint density at radius 3 is 2.69 bits per heavy atom. The lowest BCUT2D eigenvalue weighted by Crippen LogP contribution is -2.48. The molecule has 1 aromatic rings. The van der Waals surface area contributed by atoms with E-state index >= 15 is 0 Å². The topological polar surface area (TPSA) is 92.4 Å². The number of likely N-dealkylation sites (tertiary alicyclic amines) is 1. The Balaban J connectivity index is 1.53. The monoisotopic (exact) mass is 423 g/mol. The van der Waals surface area contributed by atoms with Crippen LogP contribution in [0.15, 0.2) is 17.1 Å². The van der Waals surface area contributed by atoms with E-state index in [2.05, 4.69) is 34.3 Å². The maximum absolute atomic E-state index is 11.8. The highest BCUT2D eigenvalue weighted by atomic mass is 32.1. The van der Waals surface area contributed by atoms with Gasteiger partial charge in [-0.05, 0) is 38.8 Å². The van der Waals surface area contributed by atoms with Crippen LogP contribution in [0.1, 0.15) is 35.6 Å². The second kappa shape index (κ2) is 10.8. The lowest BCUT2D eigenvalue weighted by molar-refractivity contribution is 0.0186. The zero-order valence-corrected chi connectivity index (χ0v) is 18.2. The van der Waals surface area contributed by atoms with Gasteiger partial charge < -0.3 is 25.4 Å². The molecule has 2 fully saturated rings. The normalized spacial score (nSPS) is 20.5. The number of hydrogen-bond acceptors (Lipinski definition) is 6. The van der Waals surface area contributed by atoms with Crippen LogP contribution in [0.3, 0.4) is 0 Å². The quantitative estimate of drug-likeness (QED) is 0.537. The fraction of sp³-hybridized carbons (Fsp3) is 0.700. The predicted octanol–water partition coefficient (Wildman–Crippen LogP) is 1.96. The van der Waals surface area contributed by atoms with Crippen molar-refractivity contribution in [3.8, 4) is 0 Å². The van der Waals surface area contributed by atoms with Gasteiger partial charge in [0.2, 0.25) is 0 Å². The van der Waals surface area contributed by atoms with E-state index in [1.165, 1.54) is 9.75 Å². The van der Waals surface area contributed by atoms with E-state index in [1.807, 2.05) is 18.3 Å². The van der Waals surface area contributed by atoms with Crippen LogP contribution in [0.25, 0.3) is 0 Å². The van der Waals surface area contributed by atoms with Crippen LogP contribution in [-0.4, -0.2) is 80.4 Å². The zero-order chi connectivity index (χ0) is 20.6. The van der Waals surface area contributed by atoms with E-state index in [0.29, 0.717) is 32.2 Å². The summed E-state index contributed by atoms with van der Waals surface area (Å²) in [6.07, 6.45) is 1.45. The summed E-state index contributed by atoms with van der Waals surface area (Å²) in [5.74, 6) is 0.478. The third-order valence-electron chi connectivity index (χ3n) is 5.38. The van der Waals surface area contributed by atoms with Crippen LogP contribution in [0.2, 0.25) is 0 Å². The summed E-state index contributed by atoms with van der Waals surface area (Å²) in [4.78, 5) is 23.3. The number of aryl methyl sites for hydroxylation is 1. The molecule has 1 unspecified atom stereocenters. The highest BCUT2D eigenvalue weighted by Crippen LogP contribution is 2.28. The molecule has 29 heavy (non-hydrogen) atoms. The van der Waals surface area contributed by atoms with Crippen molar-refractivity contribution >= 4 is 23.4 Å². The summed E-state index contributed by atoms with van der Waals surface area (Å²) < 4.78 is 10.6. The van der Waals surface area contributed by atoms with Gasteiger partial charge in [-0.2, -0.15) is 0 Å². The molecule has 3 heterocycles. The Bertz CT molecular complexity index is 681. The average Bonchev–Trinajstić information content (AvgIpc) is 3.15. The summed E-state index contributed by atoms with van der Waals surface area (Å²) in [5.41, 5.74) is 6.20. The number of amides is 1. The van der Waals surface area contributed by atoms with Crippen LogP contribution < -0.4 is 11.1 Å². The molecule has 2 aliphatic rings. The van der Waals surface area contributed by atoms with Crippen molar-refractivity contribution in [1.29, 1.82) is 0 Å². The number of carbonyl (C=O) groups excluding carboxylic acids is 1. The molecule has 0 bridgehead atoms. The van der Waals surface area contributed by atoms with Crippen molar-refractivity contribution in [2.24, 2.45) is 10.7 Å². The molecule has 0 radical (unpaired) electrons. The lowest BCUT2D eigenvalue weighted by Gasteiger charge is -2.33. The van der Waals surface area contributed by atoms with Gasteiger partial charge in [0.05, 0.1) is 32.4 Å². The van der Waals surface area contributed by atoms with Gasteiger partial charge in [0.1, 0.15) is 0 Å². The van der Waals surface area contributed by atoms with Crippen LogP contribution in [0.4, 0.5) is 4.79 Å². The van der Waals surface area contributed by atoms with Crippen LogP contribution >= 0.6 is 11.3 Å². The van der Waals surface area contributed by atoms with E-state index in [1.54, 1.807) is 4.90 Å². The summed E-state index contributed by atoms with van der Waals surface area (Å²) in [6, 6.07) is 4.82. The molecule has 0 saturated carbocycles. The van der Waals surface area contributed by atoms with Crippen LogP contribution in [0.5, 0.6) is 0 Å². The van der Waals surface area contributed by atoms with Gasteiger partial charge in [-0.15, -0.1) is 11.3 Å². The first kappa shape index (κ1) is 21.9. The van der Waals surface area contributed by atoms with Gasteiger partial charge in [-0.3, -0.25) is 9.89 Å². The zero-order valence-electron chi connectivity index (χ0n) is 17.4. The Morgan fingerprint density at radius 1 is 1.34 bits per heavy atom. The van der Waals surface area contributed by atoms with Crippen molar-refractivity contribution < 1.29 is 14.3 Å². The van der Waals surface area contributed by atoms with Crippen LogP contribution in [-0.2, 0) is 9.47 Å². The number of nitrogens with two attached hydrogens (primary N) is 1. The van der Waals surface area contributed by atoms with Crippen molar-refractivity contribution in [3.05, 3.63) is 21.9 Å². The molecule has 1 atom stereocenters. The van der Waals surface area contributed by atoms with Crippen LogP contribution in [0, 0.1) is 6.92 Å². The minimum absolute atomic E-state index is 0.226. The van der Waals surface area contributed by atoms with E-state index in [4.69, 9.17) is 15.2 Å². The molecule has 8 nitrogen and oxygen atoms in total. The first-order valence-electron chi connectivity index (χ1n) is 10.4. The van der Waals surface area contributed by atoms with Gasteiger partial charge >= 0.3 is 6.09 Å². The van der Waals surface area contributed by atoms with Gasteiger partial charge in [0, 0.05) is 42.0 Å². The second-order valence-corrected chi connectivity index (χ2v) is 8.76. The van der Waals surface area contributed by atoms with E-state index < -0.39 is 0 Å². The molecule has 3 rings (SSSR count). The predicted molar refractivity (Wildman–Crippen MR) is 115 cm³/mol. The number of morpholine rings is 1. The third kappa shape index (κ3) is 6.32. The molecule has 3 N–H and O–H groups in total. The summed E-state index contributed by atoms with van der Waals surface area (Å²) in [7, 11) is 0. The molecular weight excluding hydrogens is 390 g/mol.